The van der Waals surface area contributed by atoms with Gasteiger partial charge in [0.2, 0.25) is 0 Å². The fourth-order valence-corrected chi connectivity index (χ4v) is 2.49. The van der Waals surface area contributed by atoms with Gasteiger partial charge in [0.05, 0.1) is 11.8 Å². The number of imidazole rings is 2. The highest BCUT2D eigenvalue weighted by Gasteiger charge is 2.07. The minimum atomic E-state index is -0.267. The predicted octanol–water partition coefficient (Wildman–Crippen LogP) is 3.12. The second-order valence-electron chi connectivity index (χ2n) is 4.37. The zero-order chi connectivity index (χ0) is 13.2. The van der Waals surface area contributed by atoms with Crippen LogP contribution in [0.2, 0.25) is 0 Å². The van der Waals surface area contributed by atoms with Crippen molar-refractivity contribution >= 4 is 23.3 Å². The van der Waals surface area contributed by atoms with Gasteiger partial charge < -0.3 is 14.1 Å². The van der Waals surface area contributed by atoms with E-state index in [-0.39, 0.29) is 5.82 Å². The standard InChI is InChI=1S/C13H13FN4S/c14-10-3-1-4-11-12(10)16-13(19)18(11)7-2-6-17-8-5-15-9-17/h1,3-5,8-9H,2,6-7H2,(H,16,19). The summed E-state index contributed by atoms with van der Waals surface area (Å²) >= 11 is 5.25. The Kier molecular flexibility index (Phi) is 3.16. The summed E-state index contributed by atoms with van der Waals surface area (Å²) in [6.45, 7) is 1.62. The fourth-order valence-electron chi connectivity index (χ4n) is 2.20. The van der Waals surface area contributed by atoms with Crippen molar-refractivity contribution in [3.05, 3.63) is 47.5 Å². The summed E-state index contributed by atoms with van der Waals surface area (Å²) in [7, 11) is 0. The van der Waals surface area contributed by atoms with E-state index >= 15 is 0 Å². The maximum atomic E-state index is 13.6. The molecule has 1 N–H and O–H groups in total. The van der Waals surface area contributed by atoms with Gasteiger partial charge in [-0.05, 0) is 30.8 Å². The lowest BCUT2D eigenvalue weighted by atomic mass is 10.3. The molecule has 0 fully saturated rings. The monoisotopic (exact) mass is 276 g/mol. The molecule has 0 amide bonds. The first-order valence-electron chi connectivity index (χ1n) is 6.08. The Bertz CT molecular complexity index is 742. The maximum Gasteiger partial charge on any atom is 0.178 e. The highest BCUT2D eigenvalue weighted by molar-refractivity contribution is 7.71. The van der Waals surface area contributed by atoms with E-state index < -0.39 is 0 Å². The van der Waals surface area contributed by atoms with Crippen LogP contribution in [0.1, 0.15) is 6.42 Å². The van der Waals surface area contributed by atoms with E-state index in [2.05, 4.69) is 9.97 Å². The summed E-state index contributed by atoms with van der Waals surface area (Å²) in [5.41, 5.74) is 1.30. The molecule has 3 aromatic rings. The summed E-state index contributed by atoms with van der Waals surface area (Å²) < 4.78 is 18.1. The number of fused-ring (bicyclic) bond motifs is 1. The molecule has 0 unspecified atom stereocenters. The van der Waals surface area contributed by atoms with E-state index in [0.29, 0.717) is 10.3 Å². The minimum absolute atomic E-state index is 0.267. The SMILES string of the molecule is Fc1cccc2c1[nH]c(=S)n2CCCn1ccnc1. The van der Waals surface area contributed by atoms with E-state index in [4.69, 9.17) is 12.2 Å². The fraction of sp³-hybridized carbons (Fsp3) is 0.231. The quantitative estimate of drug-likeness (QED) is 0.744. The molecule has 3 rings (SSSR count). The third-order valence-corrected chi connectivity index (χ3v) is 3.44. The molecule has 0 aliphatic heterocycles. The van der Waals surface area contributed by atoms with Gasteiger partial charge in [0.1, 0.15) is 11.3 Å². The molecule has 2 aromatic heterocycles. The van der Waals surface area contributed by atoms with Gasteiger partial charge in [-0.3, -0.25) is 0 Å². The van der Waals surface area contributed by atoms with Crippen LogP contribution in [0.4, 0.5) is 4.39 Å². The molecule has 0 radical (unpaired) electrons. The van der Waals surface area contributed by atoms with Crippen molar-refractivity contribution in [1.82, 2.24) is 19.1 Å². The average Bonchev–Trinajstić information content (AvgIpc) is 3.00. The Hall–Kier alpha value is -1.95. The van der Waals surface area contributed by atoms with Crippen LogP contribution in [0.3, 0.4) is 0 Å². The number of aryl methyl sites for hydroxylation is 2. The van der Waals surface area contributed by atoms with Crippen molar-refractivity contribution in [1.29, 1.82) is 0 Å². The molecule has 0 aliphatic rings. The first kappa shape index (κ1) is 12.1. The van der Waals surface area contributed by atoms with Gasteiger partial charge in [0, 0.05) is 25.5 Å². The molecule has 2 heterocycles. The van der Waals surface area contributed by atoms with Crippen molar-refractivity contribution in [2.75, 3.05) is 0 Å². The topological polar surface area (TPSA) is 38.5 Å². The number of aromatic nitrogens is 4. The minimum Gasteiger partial charge on any atom is -0.337 e. The Morgan fingerprint density at radius 1 is 1.32 bits per heavy atom. The lowest BCUT2D eigenvalue weighted by Crippen LogP contribution is -2.02. The van der Waals surface area contributed by atoms with Crippen molar-refractivity contribution in [2.45, 2.75) is 19.5 Å². The third kappa shape index (κ3) is 2.31. The molecule has 0 atom stereocenters. The second-order valence-corrected chi connectivity index (χ2v) is 4.76. The van der Waals surface area contributed by atoms with Crippen LogP contribution in [0.5, 0.6) is 0 Å². The van der Waals surface area contributed by atoms with E-state index in [0.717, 1.165) is 25.0 Å². The second kappa shape index (κ2) is 4.97. The molecule has 0 bridgehead atoms. The van der Waals surface area contributed by atoms with Gasteiger partial charge in [-0.15, -0.1) is 0 Å². The van der Waals surface area contributed by atoms with Gasteiger partial charge in [-0.25, -0.2) is 9.37 Å². The van der Waals surface area contributed by atoms with E-state index in [1.165, 1.54) is 6.07 Å². The molecular formula is C13H13FN4S. The lowest BCUT2D eigenvalue weighted by Gasteiger charge is -2.05. The summed E-state index contributed by atoms with van der Waals surface area (Å²) in [5, 5.41) is 0. The molecule has 6 heteroatoms. The Labute approximate surface area is 114 Å². The number of H-pyrrole nitrogens is 1. The number of nitrogens with zero attached hydrogens (tertiary/aromatic N) is 3. The van der Waals surface area contributed by atoms with Gasteiger partial charge in [0.15, 0.2) is 4.77 Å². The largest absolute Gasteiger partial charge is 0.337 e. The van der Waals surface area contributed by atoms with E-state index in [9.17, 15) is 4.39 Å². The highest BCUT2D eigenvalue weighted by Crippen LogP contribution is 2.17. The van der Waals surface area contributed by atoms with Gasteiger partial charge in [-0.1, -0.05) is 6.07 Å². The van der Waals surface area contributed by atoms with Crippen LogP contribution in [-0.4, -0.2) is 19.1 Å². The molecular weight excluding hydrogens is 263 g/mol. The Morgan fingerprint density at radius 3 is 3.00 bits per heavy atom. The number of aromatic amines is 1. The molecule has 4 nitrogen and oxygen atoms in total. The summed E-state index contributed by atoms with van der Waals surface area (Å²) in [6.07, 6.45) is 6.38. The van der Waals surface area contributed by atoms with Crippen LogP contribution >= 0.6 is 12.2 Å². The van der Waals surface area contributed by atoms with Gasteiger partial charge >= 0.3 is 0 Å². The van der Waals surface area contributed by atoms with Gasteiger partial charge in [-0.2, -0.15) is 0 Å². The first-order valence-corrected chi connectivity index (χ1v) is 6.49. The average molecular weight is 276 g/mol. The van der Waals surface area contributed by atoms with E-state index in [1.54, 1.807) is 18.6 Å². The molecule has 98 valence electrons. The molecule has 0 saturated carbocycles. The molecule has 0 saturated heterocycles. The van der Waals surface area contributed by atoms with Crippen LogP contribution in [-0.2, 0) is 13.1 Å². The van der Waals surface area contributed by atoms with Crippen LogP contribution in [0.25, 0.3) is 11.0 Å². The maximum absolute atomic E-state index is 13.6. The van der Waals surface area contributed by atoms with Crippen LogP contribution in [0, 0.1) is 10.6 Å². The van der Waals surface area contributed by atoms with Crippen molar-refractivity contribution in [3.63, 3.8) is 0 Å². The van der Waals surface area contributed by atoms with E-state index in [1.807, 2.05) is 21.4 Å². The molecule has 19 heavy (non-hydrogen) atoms. The molecule has 1 aromatic carbocycles. The number of hydrogen-bond donors (Lipinski definition) is 1. The number of halogens is 1. The number of benzene rings is 1. The lowest BCUT2D eigenvalue weighted by molar-refractivity contribution is 0.568. The first-order chi connectivity index (χ1) is 9.25. The summed E-state index contributed by atoms with van der Waals surface area (Å²) in [6, 6.07) is 5.01. The molecule has 0 aliphatic carbocycles. The number of nitrogens with one attached hydrogen (secondary N) is 1. The van der Waals surface area contributed by atoms with Crippen molar-refractivity contribution in [3.8, 4) is 0 Å². The van der Waals surface area contributed by atoms with Crippen molar-refractivity contribution in [2.24, 2.45) is 0 Å². The molecule has 0 spiro atoms. The zero-order valence-electron chi connectivity index (χ0n) is 10.2. The highest BCUT2D eigenvalue weighted by atomic mass is 32.1. The summed E-state index contributed by atoms with van der Waals surface area (Å²) in [4.78, 5) is 6.92. The van der Waals surface area contributed by atoms with Crippen LogP contribution < -0.4 is 0 Å². The van der Waals surface area contributed by atoms with Crippen molar-refractivity contribution < 1.29 is 4.39 Å². The predicted molar refractivity (Wildman–Crippen MR) is 73.9 cm³/mol. The third-order valence-electron chi connectivity index (χ3n) is 3.12. The Balaban J connectivity index is 1.83. The normalized spacial score (nSPS) is 11.2. The number of rotatable bonds is 4. The van der Waals surface area contributed by atoms with Gasteiger partial charge in [0.25, 0.3) is 0 Å². The van der Waals surface area contributed by atoms with Crippen LogP contribution in [0.15, 0.2) is 36.9 Å². The zero-order valence-corrected chi connectivity index (χ0v) is 11.0. The smallest absolute Gasteiger partial charge is 0.178 e. The number of hydrogen-bond acceptors (Lipinski definition) is 2. The Morgan fingerprint density at radius 2 is 2.21 bits per heavy atom. The number of para-hydroxylation sites is 1. The summed E-state index contributed by atoms with van der Waals surface area (Å²) in [5.74, 6) is -0.267.